The van der Waals surface area contributed by atoms with Gasteiger partial charge in [0.05, 0.1) is 25.3 Å². The predicted octanol–water partition coefficient (Wildman–Crippen LogP) is 15.4. The van der Waals surface area contributed by atoms with Gasteiger partial charge < -0.3 is 9.47 Å². The van der Waals surface area contributed by atoms with E-state index in [0.717, 1.165) is 22.3 Å². The number of esters is 2. The number of rotatable bonds is 2. The first kappa shape index (κ1) is 49.4. The van der Waals surface area contributed by atoms with E-state index in [1.807, 2.05) is 0 Å². The fraction of sp³-hybridized carbons (Fsp3) is 0.621. The van der Waals surface area contributed by atoms with Crippen molar-refractivity contribution >= 4 is 33.5 Å². The maximum absolute atomic E-state index is 14.2. The second-order valence-electron chi connectivity index (χ2n) is 26.9. The highest BCUT2D eigenvalue weighted by atomic mass is 16.5. The van der Waals surface area contributed by atoms with E-state index in [2.05, 4.69) is 178 Å². The lowest BCUT2D eigenvalue weighted by molar-refractivity contribution is 0.0550. The van der Waals surface area contributed by atoms with Crippen LogP contribution >= 0.6 is 0 Å². The molecular formula is C58H84O4. The molecule has 0 atom stereocenters. The summed E-state index contributed by atoms with van der Waals surface area (Å²) < 4.78 is 11.1. The number of ether oxygens (including phenoxy) is 2. The number of hydrogen-bond donors (Lipinski definition) is 0. The first-order chi connectivity index (χ1) is 27.6. The van der Waals surface area contributed by atoms with Gasteiger partial charge in [0.1, 0.15) is 0 Å². The highest BCUT2D eigenvalue weighted by Crippen LogP contribution is 2.55. The van der Waals surface area contributed by atoms with Crippen molar-refractivity contribution in [3.63, 3.8) is 0 Å². The Morgan fingerprint density at radius 2 is 0.516 bits per heavy atom. The van der Waals surface area contributed by atoms with E-state index in [-0.39, 0.29) is 32.5 Å². The van der Waals surface area contributed by atoms with E-state index in [0.29, 0.717) is 24.0 Å². The molecule has 4 nitrogen and oxygen atoms in total. The SMILES string of the molecule is COC(=O)c1c(C(=O)OC)c(C(C)(C)C)c2c(c1C(C)(C)C)Cc1c(c(C(C)(C)C)c3cc4c(C(C)(C)C)c(C(C)(C)C)c(C(C)(C)C)c(C(C)(C)C)c4cc3c1C(C)(C)C)C2. The molecule has 0 bridgehead atoms. The first-order valence-electron chi connectivity index (χ1n) is 23.2. The smallest absolute Gasteiger partial charge is 0.339 e. The fourth-order valence-corrected chi connectivity index (χ4v) is 11.6. The van der Waals surface area contributed by atoms with E-state index in [1.165, 1.54) is 80.3 Å². The third kappa shape index (κ3) is 8.28. The minimum absolute atomic E-state index is 0.105. The van der Waals surface area contributed by atoms with Crippen molar-refractivity contribution in [2.75, 3.05) is 14.2 Å². The first-order valence-corrected chi connectivity index (χ1v) is 23.2. The lowest BCUT2D eigenvalue weighted by atomic mass is 9.61. The van der Waals surface area contributed by atoms with Crippen LogP contribution in [0.4, 0.5) is 0 Å². The van der Waals surface area contributed by atoms with Crippen molar-refractivity contribution in [3.05, 3.63) is 90.0 Å². The minimum Gasteiger partial charge on any atom is -0.465 e. The number of methoxy groups -OCH3 is 2. The molecule has 4 heteroatoms. The number of benzene rings is 4. The molecule has 0 unspecified atom stereocenters. The Balaban J connectivity index is 2.26. The Bertz CT molecular complexity index is 2320. The van der Waals surface area contributed by atoms with Gasteiger partial charge in [-0.15, -0.1) is 0 Å². The highest BCUT2D eigenvalue weighted by molar-refractivity contribution is 6.09. The maximum Gasteiger partial charge on any atom is 0.339 e. The van der Waals surface area contributed by atoms with Crippen LogP contribution in [0.3, 0.4) is 0 Å². The van der Waals surface area contributed by atoms with Gasteiger partial charge in [-0.05, 0) is 157 Å². The van der Waals surface area contributed by atoms with Gasteiger partial charge in [0.2, 0.25) is 0 Å². The normalized spacial score (nSPS) is 14.6. The second-order valence-corrected chi connectivity index (χ2v) is 26.9. The van der Waals surface area contributed by atoms with E-state index in [9.17, 15) is 9.59 Å². The quantitative estimate of drug-likeness (QED) is 0.131. The molecule has 340 valence electrons. The second kappa shape index (κ2) is 14.9. The van der Waals surface area contributed by atoms with Crippen LogP contribution in [0.2, 0.25) is 0 Å². The Morgan fingerprint density at radius 3 is 0.710 bits per heavy atom. The van der Waals surface area contributed by atoms with Gasteiger partial charge in [-0.1, -0.05) is 166 Å². The molecule has 0 amide bonds. The number of hydrogen-bond acceptors (Lipinski definition) is 4. The summed E-state index contributed by atoms with van der Waals surface area (Å²) >= 11 is 0. The van der Waals surface area contributed by atoms with Gasteiger partial charge in [0.25, 0.3) is 0 Å². The molecule has 1 aliphatic carbocycles. The topological polar surface area (TPSA) is 52.6 Å². The molecule has 5 rings (SSSR count). The molecule has 0 fully saturated rings. The average Bonchev–Trinajstić information content (AvgIpc) is 3.05. The van der Waals surface area contributed by atoms with Gasteiger partial charge >= 0.3 is 11.9 Å². The molecular weight excluding hydrogens is 761 g/mol. The van der Waals surface area contributed by atoms with Crippen LogP contribution in [0.1, 0.15) is 254 Å². The summed E-state index contributed by atoms with van der Waals surface area (Å²) in [4.78, 5) is 28.4. The Kier molecular flexibility index (Phi) is 11.9. The molecule has 62 heavy (non-hydrogen) atoms. The summed E-state index contributed by atoms with van der Waals surface area (Å²) in [5.41, 5.74) is 14.1. The van der Waals surface area contributed by atoms with E-state index in [1.54, 1.807) is 0 Å². The Labute approximate surface area is 377 Å². The Hall–Kier alpha value is -3.66. The summed E-state index contributed by atoms with van der Waals surface area (Å²) in [7, 11) is 2.83. The van der Waals surface area contributed by atoms with Crippen LogP contribution in [-0.4, -0.2) is 26.2 Å². The number of carbonyl (C=O) groups excluding carboxylic acids is 2. The molecule has 0 saturated carbocycles. The van der Waals surface area contributed by atoms with Gasteiger partial charge in [0.15, 0.2) is 0 Å². The van der Waals surface area contributed by atoms with Crippen LogP contribution < -0.4 is 0 Å². The van der Waals surface area contributed by atoms with Crippen molar-refractivity contribution in [1.29, 1.82) is 0 Å². The number of fused-ring (bicyclic) bond motifs is 4. The summed E-state index contributed by atoms with van der Waals surface area (Å²) in [5.74, 6) is -1.00. The zero-order chi connectivity index (χ0) is 47.8. The minimum atomic E-state index is -0.500. The van der Waals surface area contributed by atoms with Crippen LogP contribution in [-0.2, 0) is 65.6 Å². The van der Waals surface area contributed by atoms with E-state index < -0.39 is 22.8 Å². The molecule has 0 aliphatic heterocycles. The lowest BCUT2D eigenvalue weighted by Crippen LogP contribution is -2.34. The average molecular weight is 845 g/mol. The fourth-order valence-electron chi connectivity index (χ4n) is 11.6. The monoisotopic (exact) mass is 845 g/mol. The number of carbonyl (C=O) groups is 2. The summed E-state index contributed by atoms with van der Waals surface area (Å²) in [6.45, 7) is 56.0. The van der Waals surface area contributed by atoms with Crippen molar-refractivity contribution in [1.82, 2.24) is 0 Å². The van der Waals surface area contributed by atoms with Crippen molar-refractivity contribution in [2.45, 2.75) is 222 Å². The van der Waals surface area contributed by atoms with Crippen LogP contribution in [0.5, 0.6) is 0 Å². The molecule has 4 aromatic carbocycles. The zero-order valence-electron chi connectivity index (χ0n) is 44.2. The molecule has 1 aliphatic rings. The van der Waals surface area contributed by atoms with Crippen LogP contribution in [0.25, 0.3) is 21.5 Å². The van der Waals surface area contributed by atoms with Gasteiger partial charge in [-0.25, -0.2) is 9.59 Å². The van der Waals surface area contributed by atoms with E-state index >= 15 is 0 Å². The Morgan fingerprint density at radius 1 is 0.323 bits per heavy atom. The molecule has 0 N–H and O–H groups in total. The summed E-state index contributed by atoms with van der Waals surface area (Å²) in [6, 6.07) is 5.22. The molecule has 4 aromatic rings. The largest absolute Gasteiger partial charge is 0.465 e. The van der Waals surface area contributed by atoms with Crippen molar-refractivity contribution in [3.8, 4) is 0 Å². The summed E-state index contributed by atoms with van der Waals surface area (Å²) in [5, 5.41) is 5.35. The molecule has 0 spiro atoms. The van der Waals surface area contributed by atoms with Crippen LogP contribution in [0.15, 0.2) is 12.1 Å². The summed E-state index contributed by atoms with van der Waals surface area (Å²) in [6.07, 6.45) is 1.29. The van der Waals surface area contributed by atoms with Gasteiger partial charge in [0, 0.05) is 0 Å². The lowest BCUT2D eigenvalue weighted by Gasteiger charge is -2.43. The van der Waals surface area contributed by atoms with E-state index in [4.69, 9.17) is 9.47 Å². The molecule has 0 aromatic heterocycles. The predicted molar refractivity (Wildman–Crippen MR) is 266 cm³/mol. The molecule has 0 radical (unpaired) electrons. The standard InChI is InChI=1S/C58H84O4/c1-51(2,3)41-31-27-35-36(44(54(10,11)12)40(50(60)62-26)39(49(59)61-25)43(35)53(7,8)9)28-32(31)42(52(4,5)6)34-30-38-37(29-33(34)41)45(55(13,14)15)47(57(19,20)21)48(58(22,23)24)46(38)56(16,17)18/h29-30H,27-28H2,1-26H3. The third-order valence-electron chi connectivity index (χ3n) is 13.2. The highest BCUT2D eigenvalue weighted by Gasteiger charge is 2.44. The molecule has 0 heterocycles. The van der Waals surface area contributed by atoms with Crippen molar-refractivity contribution in [2.24, 2.45) is 0 Å². The van der Waals surface area contributed by atoms with Crippen molar-refractivity contribution < 1.29 is 19.1 Å². The zero-order valence-corrected chi connectivity index (χ0v) is 44.2. The molecule has 0 saturated heterocycles. The van der Waals surface area contributed by atoms with Crippen LogP contribution in [0, 0.1) is 0 Å². The maximum atomic E-state index is 14.2. The van der Waals surface area contributed by atoms with Gasteiger partial charge in [-0.3, -0.25) is 0 Å². The third-order valence-corrected chi connectivity index (χ3v) is 13.2. The van der Waals surface area contributed by atoms with Gasteiger partial charge in [-0.2, -0.15) is 0 Å².